The number of benzene rings is 2. The van der Waals surface area contributed by atoms with Crippen molar-refractivity contribution >= 4 is 27.1 Å². The molecule has 1 aliphatic heterocycles. The molecule has 31 heavy (non-hydrogen) atoms. The normalized spacial score (nSPS) is 22.5. The van der Waals surface area contributed by atoms with E-state index in [0.717, 1.165) is 38.4 Å². The molecule has 2 atom stereocenters. The zero-order valence-corrected chi connectivity index (χ0v) is 18.9. The van der Waals surface area contributed by atoms with E-state index in [1.165, 1.54) is 49.6 Å². The second kappa shape index (κ2) is 9.43. The van der Waals surface area contributed by atoms with Crippen LogP contribution in [0.3, 0.4) is 0 Å². The number of nitrogens with zero attached hydrogens (tertiary/aromatic N) is 1. The molecule has 1 N–H and O–H groups in total. The number of rotatable bonds is 6. The zero-order valence-electron chi connectivity index (χ0n) is 17.3. The van der Waals surface area contributed by atoms with Crippen molar-refractivity contribution in [1.82, 2.24) is 4.90 Å². The van der Waals surface area contributed by atoms with Crippen molar-refractivity contribution < 1.29 is 17.2 Å². The third kappa shape index (κ3) is 5.21. The van der Waals surface area contributed by atoms with Gasteiger partial charge in [-0.3, -0.25) is 4.90 Å². The quantitative estimate of drug-likeness (QED) is 0.615. The highest BCUT2D eigenvalue weighted by Crippen LogP contribution is 2.34. The second-order valence-corrected chi connectivity index (χ2v) is 10.9. The maximum absolute atomic E-state index is 14.9. The third-order valence-electron chi connectivity index (χ3n) is 6.28. The highest BCUT2D eigenvalue weighted by Gasteiger charge is 2.32. The maximum atomic E-state index is 14.9. The zero-order chi connectivity index (χ0) is 22.0. The van der Waals surface area contributed by atoms with Crippen LogP contribution in [0.5, 0.6) is 0 Å². The van der Waals surface area contributed by atoms with Crippen LogP contribution in [0.1, 0.15) is 44.1 Å². The van der Waals surface area contributed by atoms with Crippen LogP contribution in [0.25, 0.3) is 0 Å². The van der Waals surface area contributed by atoms with Gasteiger partial charge in [0, 0.05) is 12.1 Å². The Labute approximate surface area is 187 Å². The molecule has 2 fully saturated rings. The fourth-order valence-corrected chi connectivity index (χ4v) is 6.50. The van der Waals surface area contributed by atoms with Crippen molar-refractivity contribution in [2.45, 2.75) is 61.3 Å². The smallest absolute Gasteiger partial charge is 0.185 e. The monoisotopic (exact) mass is 468 g/mol. The first-order valence-electron chi connectivity index (χ1n) is 10.8. The van der Waals surface area contributed by atoms with Gasteiger partial charge in [-0.05, 0) is 68.6 Å². The first kappa shape index (κ1) is 22.5. The predicted octanol–water partition coefficient (Wildman–Crippen LogP) is 5.41. The van der Waals surface area contributed by atoms with E-state index in [1.807, 2.05) is 0 Å². The Morgan fingerprint density at radius 1 is 1.03 bits per heavy atom. The van der Waals surface area contributed by atoms with E-state index in [2.05, 4.69) is 10.2 Å². The van der Waals surface area contributed by atoms with Crippen molar-refractivity contribution in [1.29, 1.82) is 0 Å². The molecule has 168 valence electrons. The molecular weight excluding hydrogens is 442 g/mol. The maximum Gasteiger partial charge on any atom is 0.185 e. The molecule has 2 aromatic carbocycles. The lowest BCUT2D eigenvalue weighted by Crippen LogP contribution is -2.47. The summed E-state index contributed by atoms with van der Waals surface area (Å²) in [6.07, 6.45) is 6.75. The van der Waals surface area contributed by atoms with Gasteiger partial charge in [-0.2, -0.15) is 0 Å². The summed E-state index contributed by atoms with van der Waals surface area (Å²) in [5.74, 6) is -1.88. The van der Waals surface area contributed by atoms with Crippen molar-refractivity contribution in [2.75, 3.05) is 18.4 Å². The standard InChI is InChI=1S/C23H27ClF2N2O2S/c24-18-13-23(31(29,30)15-16-6-5-7-17(25)12-16)19(26)14-21(18)27-20-8-1-2-9-22(20)28-10-3-4-11-28/h5-7,12-14,20,22,27H,1-4,8-11,15H2/t20-,22-/m1/s1. The average molecular weight is 469 g/mol. The summed E-state index contributed by atoms with van der Waals surface area (Å²) >= 11 is 6.40. The molecule has 1 saturated heterocycles. The molecular formula is C23H27ClF2N2O2S. The predicted molar refractivity (Wildman–Crippen MR) is 119 cm³/mol. The molecule has 0 spiro atoms. The highest BCUT2D eigenvalue weighted by atomic mass is 35.5. The van der Waals surface area contributed by atoms with Crippen LogP contribution in [0, 0.1) is 11.6 Å². The Kier molecular flexibility index (Phi) is 6.84. The van der Waals surface area contributed by atoms with Gasteiger partial charge in [0.25, 0.3) is 0 Å². The average Bonchev–Trinajstić information content (AvgIpc) is 3.25. The van der Waals surface area contributed by atoms with Gasteiger partial charge >= 0.3 is 0 Å². The summed E-state index contributed by atoms with van der Waals surface area (Å²) < 4.78 is 53.8. The van der Waals surface area contributed by atoms with Crippen molar-refractivity contribution in [3.63, 3.8) is 0 Å². The number of hydrogen-bond donors (Lipinski definition) is 1. The Hall–Kier alpha value is -1.70. The van der Waals surface area contributed by atoms with Gasteiger partial charge in [-0.1, -0.05) is 36.6 Å². The molecule has 2 aromatic rings. The van der Waals surface area contributed by atoms with Crippen LogP contribution in [0.4, 0.5) is 14.5 Å². The van der Waals surface area contributed by atoms with Crippen LogP contribution in [-0.4, -0.2) is 38.5 Å². The Morgan fingerprint density at radius 2 is 1.77 bits per heavy atom. The van der Waals surface area contributed by atoms with E-state index in [1.54, 1.807) is 0 Å². The van der Waals surface area contributed by atoms with Gasteiger partial charge in [-0.25, -0.2) is 17.2 Å². The molecule has 4 rings (SSSR count). The van der Waals surface area contributed by atoms with Crippen LogP contribution in [0.15, 0.2) is 41.3 Å². The lowest BCUT2D eigenvalue weighted by molar-refractivity contribution is 0.177. The SMILES string of the molecule is O=S(=O)(Cc1cccc(F)c1)c1cc(Cl)c(N[C@@H]2CCCC[C@H]2N2CCCC2)cc1F. The molecule has 2 aliphatic rings. The van der Waals surface area contributed by atoms with Gasteiger partial charge in [-0.15, -0.1) is 0 Å². The van der Waals surface area contributed by atoms with E-state index >= 15 is 0 Å². The largest absolute Gasteiger partial charge is 0.379 e. The van der Waals surface area contributed by atoms with Crippen LogP contribution < -0.4 is 5.32 Å². The minimum absolute atomic E-state index is 0.151. The highest BCUT2D eigenvalue weighted by molar-refractivity contribution is 7.90. The van der Waals surface area contributed by atoms with Gasteiger partial charge in [0.1, 0.15) is 16.5 Å². The lowest BCUT2D eigenvalue weighted by atomic mass is 9.89. The van der Waals surface area contributed by atoms with Gasteiger partial charge in [0.05, 0.1) is 16.5 Å². The topological polar surface area (TPSA) is 49.4 Å². The van der Waals surface area contributed by atoms with Gasteiger partial charge < -0.3 is 5.32 Å². The first-order chi connectivity index (χ1) is 14.8. The molecule has 4 nitrogen and oxygen atoms in total. The van der Waals surface area contributed by atoms with E-state index in [-0.39, 0.29) is 16.6 Å². The third-order valence-corrected chi connectivity index (χ3v) is 8.29. The van der Waals surface area contributed by atoms with E-state index < -0.39 is 32.1 Å². The molecule has 1 heterocycles. The number of likely N-dealkylation sites (tertiary alicyclic amines) is 1. The first-order valence-corrected chi connectivity index (χ1v) is 12.8. The van der Waals surface area contributed by atoms with Gasteiger partial charge in [0.15, 0.2) is 9.84 Å². The fourth-order valence-electron chi connectivity index (χ4n) is 4.79. The summed E-state index contributed by atoms with van der Waals surface area (Å²) in [5, 5.41) is 3.57. The molecule has 0 unspecified atom stereocenters. The van der Waals surface area contributed by atoms with E-state index in [0.29, 0.717) is 11.7 Å². The van der Waals surface area contributed by atoms with Gasteiger partial charge in [0.2, 0.25) is 0 Å². The molecule has 8 heteroatoms. The fraction of sp³-hybridized carbons (Fsp3) is 0.478. The summed E-state index contributed by atoms with van der Waals surface area (Å²) in [7, 11) is -4.02. The second-order valence-electron chi connectivity index (χ2n) is 8.50. The Morgan fingerprint density at radius 3 is 2.52 bits per heavy atom. The molecule has 0 amide bonds. The van der Waals surface area contributed by atoms with Crippen molar-refractivity contribution in [3.05, 3.63) is 58.6 Å². The molecule has 0 bridgehead atoms. The Bertz CT molecular complexity index is 1040. The van der Waals surface area contributed by atoms with Crippen LogP contribution in [-0.2, 0) is 15.6 Å². The number of anilines is 1. The van der Waals surface area contributed by atoms with E-state index in [9.17, 15) is 17.2 Å². The van der Waals surface area contributed by atoms with Crippen LogP contribution >= 0.6 is 11.6 Å². The summed E-state index contributed by atoms with van der Waals surface area (Å²) in [6, 6.07) is 8.17. The lowest BCUT2D eigenvalue weighted by Gasteiger charge is -2.39. The molecule has 1 aliphatic carbocycles. The summed E-state index contributed by atoms with van der Waals surface area (Å²) in [4.78, 5) is 2.03. The minimum Gasteiger partial charge on any atom is -0.379 e. The van der Waals surface area contributed by atoms with Crippen LogP contribution in [0.2, 0.25) is 5.02 Å². The van der Waals surface area contributed by atoms with Crippen molar-refractivity contribution in [2.24, 2.45) is 0 Å². The number of nitrogens with one attached hydrogen (secondary N) is 1. The minimum atomic E-state index is -4.02. The summed E-state index contributed by atoms with van der Waals surface area (Å²) in [5.41, 5.74) is 0.674. The summed E-state index contributed by atoms with van der Waals surface area (Å²) in [6.45, 7) is 2.17. The Balaban J connectivity index is 1.55. The molecule has 0 aromatic heterocycles. The molecule has 1 saturated carbocycles. The number of hydrogen-bond acceptors (Lipinski definition) is 4. The number of sulfone groups is 1. The number of halogens is 3. The van der Waals surface area contributed by atoms with Crippen molar-refractivity contribution in [3.8, 4) is 0 Å². The van der Waals surface area contributed by atoms with E-state index in [4.69, 9.17) is 11.6 Å². The molecule has 0 radical (unpaired) electrons.